The van der Waals surface area contributed by atoms with Crippen molar-refractivity contribution in [3.63, 3.8) is 0 Å². The van der Waals surface area contributed by atoms with Crippen LogP contribution in [0.15, 0.2) is 54.6 Å². The molecule has 0 aliphatic rings. The third-order valence-corrected chi connectivity index (χ3v) is 3.61. The number of carbonyl (C=O) groups excluding carboxylic acids is 1. The largest absolute Gasteiger partial charge is 0.497 e. The van der Waals surface area contributed by atoms with Gasteiger partial charge in [0.2, 0.25) is 0 Å². The molecule has 0 bridgehead atoms. The fourth-order valence-electron chi connectivity index (χ4n) is 2.37. The Bertz CT molecular complexity index is 731. The SMILES string of the molecule is CC#CC(=O)N(Cc1ccccc1)C[C@H](O)c1cccc(OC)c1. The van der Waals surface area contributed by atoms with Crippen LogP contribution in [-0.2, 0) is 11.3 Å². The summed E-state index contributed by atoms with van der Waals surface area (Å²) in [4.78, 5) is 13.8. The highest BCUT2D eigenvalue weighted by atomic mass is 16.5. The molecule has 0 saturated carbocycles. The molecule has 0 aliphatic carbocycles. The van der Waals surface area contributed by atoms with Crippen LogP contribution in [0.5, 0.6) is 5.75 Å². The maximum Gasteiger partial charge on any atom is 0.298 e. The van der Waals surface area contributed by atoms with Gasteiger partial charge < -0.3 is 14.7 Å². The third kappa shape index (κ3) is 4.87. The van der Waals surface area contributed by atoms with Crippen molar-refractivity contribution in [2.75, 3.05) is 13.7 Å². The quantitative estimate of drug-likeness (QED) is 0.832. The minimum absolute atomic E-state index is 0.162. The number of nitrogens with zero attached hydrogens (tertiary/aromatic N) is 1. The van der Waals surface area contributed by atoms with Crippen molar-refractivity contribution >= 4 is 5.91 Å². The van der Waals surface area contributed by atoms with Gasteiger partial charge >= 0.3 is 0 Å². The van der Waals surface area contributed by atoms with Crippen LogP contribution in [0, 0.1) is 11.8 Å². The second-order valence-electron chi connectivity index (χ2n) is 5.34. The van der Waals surface area contributed by atoms with Crippen LogP contribution >= 0.6 is 0 Å². The minimum Gasteiger partial charge on any atom is -0.497 e. The molecule has 2 aromatic rings. The van der Waals surface area contributed by atoms with E-state index in [1.165, 1.54) is 0 Å². The van der Waals surface area contributed by atoms with Crippen LogP contribution in [0.3, 0.4) is 0 Å². The van der Waals surface area contributed by atoms with Crippen LogP contribution < -0.4 is 4.74 Å². The van der Waals surface area contributed by atoms with E-state index in [0.29, 0.717) is 17.9 Å². The average Bonchev–Trinajstić information content (AvgIpc) is 2.62. The van der Waals surface area contributed by atoms with E-state index in [4.69, 9.17) is 4.74 Å². The first kappa shape index (κ1) is 17.6. The molecule has 4 nitrogen and oxygen atoms in total. The highest BCUT2D eigenvalue weighted by Gasteiger charge is 2.18. The Morgan fingerprint density at radius 3 is 2.62 bits per heavy atom. The highest BCUT2D eigenvalue weighted by molar-refractivity contribution is 5.93. The Morgan fingerprint density at radius 1 is 1.21 bits per heavy atom. The number of benzene rings is 2. The molecule has 0 spiro atoms. The molecule has 2 rings (SSSR count). The summed E-state index contributed by atoms with van der Waals surface area (Å²) in [5.41, 5.74) is 1.69. The van der Waals surface area contributed by atoms with Crippen molar-refractivity contribution in [1.29, 1.82) is 0 Å². The Labute approximate surface area is 142 Å². The normalized spacial score (nSPS) is 11.1. The maximum atomic E-state index is 12.3. The molecule has 1 atom stereocenters. The highest BCUT2D eigenvalue weighted by Crippen LogP contribution is 2.20. The van der Waals surface area contributed by atoms with Gasteiger partial charge in [-0.15, -0.1) is 0 Å². The van der Waals surface area contributed by atoms with Crippen LogP contribution in [0.1, 0.15) is 24.2 Å². The Balaban J connectivity index is 2.16. The minimum atomic E-state index is -0.814. The van der Waals surface area contributed by atoms with E-state index >= 15 is 0 Å². The van der Waals surface area contributed by atoms with Gasteiger partial charge in [-0.25, -0.2) is 0 Å². The smallest absolute Gasteiger partial charge is 0.298 e. The van der Waals surface area contributed by atoms with Gasteiger partial charge in [-0.05, 0) is 36.1 Å². The number of hydrogen-bond donors (Lipinski definition) is 1. The molecule has 0 aliphatic heterocycles. The predicted molar refractivity (Wildman–Crippen MR) is 93.3 cm³/mol. The lowest BCUT2D eigenvalue weighted by Gasteiger charge is -2.24. The summed E-state index contributed by atoms with van der Waals surface area (Å²) in [5.74, 6) is 5.53. The number of rotatable bonds is 6. The molecule has 2 aromatic carbocycles. The molecule has 4 heteroatoms. The van der Waals surface area contributed by atoms with E-state index in [1.54, 1.807) is 25.0 Å². The van der Waals surface area contributed by atoms with Gasteiger partial charge in [-0.3, -0.25) is 4.79 Å². The lowest BCUT2D eigenvalue weighted by atomic mass is 10.1. The van der Waals surface area contributed by atoms with Gasteiger partial charge in [-0.2, -0.15) is 0 Å². The number of hydrogen-bond acceptors (Lipinski definition) is 3. The van der Waals surface area contributed by atoms with Crippen molar-refractivity contribution in [3.8, 4) is 17.6 Å². The molecule has 124 valence electrons. The average molecular weight is 323 g/mol. The summed E-state index contributed by atoms with van der Waals surface area (Å²) in [6, 6.07) is 16.8. The summed E-state index contributed by atoms with van der Waals surface area (Å²) >= 11 is 0. The van der Waals surface area contributed by atoms with Crippen molar-refractivity contribution in [2.24, 2.45) is 0 Å². The molecule has 0 aromatic heterocycles. The van der Waals surface area contributed by atoms with Crippen molar-refractivity contribution < 1.29 is 14.6 Å². The Hall–Kier alpha value is -2.77. The zero-order valence-corrected chi connectivity index (χ0v) is 13.9. The summed E-state index contributed by atoms with van der Waals surface area (Å²) in [5, 5.41) is 10.5. The van der Waals surface area contributed by atoms with E-state index in [1.807, 2.05) is 48.5 Å². The number of ether oxygens (including phenoxy) is 1. The molecule has 0 fully saturated rings. The molecule has 0 unspecified atom stereocenters. The standard InChI is InChI=1S/C20H21NO3/c1-3-8-20(23)21(14-16-9-5-4-6-10-16)15-19(22)17-11-7-12-18(13-17)24-2/h4-7,9-13,19,22H,14-15H2,1-2H3/t19-/m0/s1. The molecule has 1 N–H and O–H groups in total. The third-order valence-electron chi connectivity index (χ3n) is 3.61. The number of aliphatic hydroxyl groups is 1. The molecule has 0 radical (unpaired) electrons. The summed E-state index contributed by atoms with van der Waals surface area (Å²) < 4.78 is 5.18. The number of methoxy groups -OCH3 is 1. The predicted octanol–water partition coefficient (Wildman–Crippen LogP) is 2.78. The first-order valence-corrected chi connectivity index (χ1v) is 7.71. The first-order valence-electron chi connectivity index (χ1n) is 7.71. The maximum absolute atomic E-state index is 12.3. The van der Waals surface area contributed by atoms with E-state index in [9.17, 15) is 9.90 Å². The lowest BCUT2D eigenvalue weighted by Crippen LogP contribution is -2.33. The van der Waals surface area contributed by atoms with E-state index in [-0.39, 0.29) is 12.5 Å². The second kappa shape index (κ2) is 8.76. The number of amides is 1. The molecule has 0 saturated heterocycles. The molecular formula is C20H21NO3. The van der Waals surface area contributed by atoms with Crippen LogP contribution in [0.4, 0.5) is 0 Å². The molecule has 1 amide bonds. The lowest BCUT2D eigenvalue weighted by molar-refractivity contribution is -0.127. The topological polar surface area (TPSA) is 49.8 Å². The first-order chi connectivity index (χ1) is 11.6. The van der Waals surface area contributed by atoms with Crippen molar-refractivity contribution in [1.82, 2.24) is 4.90 Å². The molecule has 0 heterocycles. The van der Waals surface area contributed by atoms with Gasteiger partial charge in [0.1, 0.15) is 5.75 Å². The Morgan fingerprint density at radius 2 is 1.96 bits per heavy atom. The summed E-state index contributed by atoms with van der Waals surface area (Å²) in [6.07, 6.45) is -0.814. The second-order valence-corrected chi connectivity index (χ2v) is 5.34. The van der Waals surface area contributed by atoms with Gasteiger partial charge in [0.05, 0.1) is 19.8 Å². The van der Waals surface area contributed by atoms with E-state index < -0.39 is 6.10 Å². The van der Waals surface area contributed by atoms with Crippen molar-refractivity contribution in [3.05, 3.63) is 65.7 Å². The molecular weight excluding hydrogens is 302 g/mol. The Kier molecular flexibility index (Phi) is 6.41. The molecule has 24 heavy (non-hydrogen) atoms. The van der Waals surface area contributed by atoms with E-state index in [2.05, 4.69) is 11.8 Å². The number of carbonyl (C=O) groups is 1. The zero-order valence-electron chi connectivity index (χ0n) is 13.9. The summed E-state index contributed by atoms with van der Waals surface area (Å²) in [6.45, 7) is 2.18. The number of aliphatic hydroxyl groups excluding tert-OH is 1. The van der Waals surface area contributed by atoms with Gasteiger partial charge in [0.25, 0.3) is 5.91 Å². The monoisotopic (exact) mass is 323 g/mol. The van der Waals surface area contributed by atoms with Gasteiger partial charge in [0.15, 0.2) is 0 Å². The fraction of sp³-hybridized carbons (Fsp3) is 0.250. The fourth-order valence-corrected chi connectivity index (χ4v) is 2.37. The van der Waals surface area contributed by atoms with Crippen LogP contribution in [-0.4, -0.2) is 29.6 Å². The van der Waals surface area contributed by atoms with Crippen LogP contribution in [0.2, 0.25) is 0 Å². The van der Waals surface area contributed by atoms with E-state index in [0.717, 1.165) is 5.56 Å². The zero-order chi connectivity index (χ0) is 17.4. The van der Waals surface area contributed by atoms with Crippen molar-refractivity contribution in [2.45, 2.75) is 19.6 Å². The van der Waals surface area contributed by atoms with Gasteiger partial charge in [0, 0.05) is 6.54 Å². The van der Waals surface area contributed by atoms with Gasteiger partial charge in [-0.1, -0.05) is 48.4 Å². The van der Waals surface area contributed by atoms with Crippen LogP contribution in [0.25, 0.3) is 0 Å². The summed E-state index contributed by atoms with van der Waals surface area (Å²) in [7, 11) is 1.58.